The van der Waals surface area contributed by atoms with Gasteiger partial charge in [0.25, 0.3) is 0 Å². The largest absolute Gasteiger partial charge is 0.417 e. The Labute approximate surface area is 94.4 Å². The molecule has 0 radical (unpaired) electrons. The Balaban J connectivity index is 2.36. The number of alkyl halides is 3. The van der Waals surface area contributed by atoms with E-state index in [4.69, 9.17) is 5.11 Å². The molecule has 0 unspecified atom stereocenters. The maximum atomic E-state index is 12.3. The molecule has 0 aliphatic heterocycles. The molecule has 0 aliphatic rings. The van der Waals surface area contributed by atoms with E-state index in [0.29, 0.717) is 5.82 Å². The summed E-state index contributed by atoms with van der Waals surface area (Å²) in [6.07, 6.45) is -0.706. The number of halogens is 3. The van der Waals surface area contributed by atoms with Gasteiger partial charge in [0, 0.05) is 18.6 Å². The van der Waals surface area contributed by atoms with E-state index in [1.807, 2.05) is 0 Å². The average Bonchev–Trinajstić information content (AvgIpc) is 2.76. The van der Waals surface area contributed by atoms with E-state index in [-0.39, 0.29) is 12.4 Å². The second-order valence-electron chi connectivity index (χ2n) is 3.27. The van der Waals surface area contributed by atoms with Crippen molar-refractivity contribution in [3.8, 4) is 5.82 Å². The summed E-state index contributed by atoms with van der Waals surface area (Å²) >= 11 is 0. The number of aromatic nitrogens is 3. The fraction of sp³-hybridized carbons (Fsp3) is 0.200. The van der Waals surface area contributed by atoms with Crippen molar-refractivity contribution in [3.63, 3.8) is 0 Å². The molecule has 90 valence electrons. The minimum absolute atomic E-state index is 0.277. The van der Waals surface area contributed by atoms with Gasteiger partial charge in [-0.05, 0) is 12.1 Å². The first-order chi connectivity index (χ1) is 8.02. The van der Waals surface area contributed by atoms with E-state index in [0.717, 1.165) is 12.3 Å². The predicted octanol–water partition coefficient (Wildman–Crippen LogP) is 1.78. The molecule has 4 nitrogen and oxygen atoms in total. The third kappa shape index (κ3) is 2.28. The van der Waals surface area contributed by atoms with Crippen molar-refractivity contribution in [1.29, 1.82) is 0 Å². The lowest BCUT2D eigenvalue weighted by molar-refractivity contribution is -0.137. The molecule has 2 aromatic rings. The molecule has 0 atom stereocenters. The summed E-state index contributed by atoms with van der Waals surface area (Å²) in [4.78, 5) is 7.52. The molecule has 2 aromatic heterocycles. The van der Waals surface area contributed by atoms with Crippen LogP contribution in [0.5, 0.6) is 0 Å². The zero-order valence-electron chi connectivity index (χ0n) is 8.52. The van der Waals surface area contributed by atoms with Crippen LogP contribution in [0.15, 0.2) is 30.7 Å². The van der Waals surface area contributed by atoms with Gasteiger partial charge < -0.3 is 5.11 Å². The Bertz CT molecular complexity index is 504. The van der Waals surface area contributed by atoms with E-state index in [9.17, 15) is 13.2 Å². The molecule has 0 fully saturated rings. The van der Waals surface area contributed by atoms with Crippen LogP contribution >= 0.6 is 0 Å². The summed E-state index contributed by atoms with van der Waals surface area (Å²) in [5, 5.41) is 8.96. The molecule has 0 amide bonds. The first kappa shape index (κ1) is 11.6. The highest BCUT2D eigenvalue weighted by Crippen LogP contribution is 2.28. The average molecular weight is 243 g/mol. The van der Waals surface area contributed by atoms with E-state index in [2.05, 4.69) is 9.97 Å². The molecule has 0 aromatic carbocycles. The third-order valence-electron chi connectivity index (χ3n) is 2.18. The number of nitrogens with zero attached hydrogens (tertiary/aromatic N) is 3. The summed E-state index contributed by atoms with van der Waals surface area (Å²) in [7, 11) is 0. The molecular formula is C10H8F3N3O. The third-order valence-corrected chi connectivity index (χ3v) is 2.18. The number of hydrogen-bond donors (Lipinski definition) is 1. The summed E-state index contributed by atoms with van der Waals surface area (Å²) in [6.45, 7) is -0.310. The van der Waals surface area contributed by atoms with Crippen molar-refractivity contribution in [1.82, 2.24) is 14.5 Å². The molecule has 0 saturated carbocycles. The van der Waals surface area contributed by atoms with Crippen molar-refractivity contribution < 1.29 is 18.3 Å². The fourth-order valence-corrected chi connectivity index (χ4v) is 1.36. The normalized spacial score (nSPS) is 11.8. The summed E-state index contributed by atoms with van der Waals surface area (Å²) in [5.74, 6) is 0.594. The molecule has 7 heteroatoms. The monoisotopic (exact) mass is 243 g/mol. The van der Waals surface area contributed by atoms with E-state index >= 15 is 0 Å². The Morgan fingerprint density at radius 2 is 2.00 bits per heavy atom. The Kier molecular flexibility index (Phi) is 2.84. The SMILES string of the molecule is OCc1nccn1-c1ccc(C(F)(F)F)cn1. The second-order valence-corrected chi connectivity index (χ2v) is 3.27. The fourth-order valence-electron chi connectivity index (χ4n) is 1.36. The molecule has 2 heterocycles. The van der Waals surface area contributed by atoms with Crippen molar-refractivity contribution in [2.45, 2.75) is 12.8 Å². The van der Waals surface area contributed by atoms with Crippen LogP contribution in [-0.2, 0) is 12.8 Å². The smallest absolute Gasteiger partial charge is 0.388 e. The maximum absolute atomic E-state index is 12.3. The van der Waals surface area contributed by atoms with E-state index in [1.54, 1.807) is 0 Å². The first-order valence-corrected chi connectivity index (χ1v) is 4.69. The van der Waals surface area contributed by atoms with Crippen LogP contribution in [0.4, 0.5) is 13.2 Å². The standard InChI is InChI=1S/C10H8F3N3O/c11-10(12,13)7-1-2-8(15-5-7)16-4-3-14-9(16)6-17/h1-5,17H,6H2. The van der Waals surface area contributed by atoms with Crippen molar-refractivity contribution in [2.75, 3.05) is 0 Å². The van der Waals surface area contributed by atoms with Gasteiger partial charge in [-0.3, -0.25) is 4.57 Å². The van der Waals surface area contributed by atoms with Gasteiger partial charge >= 0.3 is 6.18 Å². The number of hydrogen-bond acceptors (Lipinski definition) is 3. The van der Waals surface area contributed by atoms with Crippen LogP contribution in [0.25, 0.3) is 5.82 Å². The highest BCUT2D eigenvalue weighted by atomic mass is 19.4. The lowest BCUT2D eigenvalue weighted by Crippen LogP contribution is -2.07. The van der Waals surface area contributed by atoms with E-state index in [1.165, 1.54) is 23.0 Å². The number of rotatable bonds is 2. The molecule has 0 aliphatic carbocycles. The van der Waals surface area contributed by atoms with Crippen molar-refractivity contribution in [3.05, 3.63) is 42.1 Å². The van der Waals surface area contributed by atoms with Crippen LogP contribution < -0.4 is 0 Å². The first-order valence-electron chi connectivity index (χ1n) is 4.69. The molecule has 2 rings (SSSR count). The molecule has 0 saturated heterocycles. The topological polar surface area (TPSA) is 50.9 Å². The lowest BCUT2D eigenvalue weighted by atomic mass is 10.3. The molecule has 1 N–H and O–H groups in total. The van der Waals surface area contributed by atoms with Crippen LogP contribution in [0, 0.1) is 0 Å². The quantitative estimate of drug-likeness (QED) is 0.874. The predicted molar refractivity (Wildman–Crippen MR) is 52.3 cm³/mol. The van der Waals surface area contributed by atoms with Crippen molar-refractivity contribution in [2.24, 2.45) is 0 Å². The van der Waals surface area contributed by atoms with Gasteiger partial charge in [0.1, 0.15) is 18.2 Å². The van der Waals surface area contributed by atoms with Crippen LogP contribution in [0.2, 0.25) is 0 Å². The zero-order chi connectivity index (χ0) is 12.5. The van der Waals surface area contributed by atoms with Gasteiger partial charge in [-0.25, -0.2) is 9.97 Å². The number of aliphatic hydroxyl groups is 1. The van der Waals surface area contributed by atoms with Gasteiger partial charge in [0.15, 0.2) is 0 Å². The maximum Gasteiger partial charge on any atom is 0.417 e. The Hall–Kier alpha value is -1.89. The van der Waals surface area contributed by atoms with Gasteiger partial charge in [-0.1, -0.05) is 0 Å². The highest BCUT2D eigenvalue weighted by Gasteiger charge is 2.30. The van der Waals surface area contributed by atoms with Crippen LogP contribution in [0.3, 0.4) is 0 Å². The highest BCUT2D eigenvalue weighted by molar-refractivity contribution is 5.28. The Morgan fingerprint density at radius 1 is 1.24 bits per heavy atom. The number of aliphatic hydroxyl groups excluding tert-OH is 1. The number of pyridine rings is 1. The van der Waals surface area contributed by atoms with Gasteiger partial charge in [0.2, 0.25) is 0 Å². The molecule has 0 spiro atoms. The van der Waals surface area contributed by atoms with Crippen molar-refractivity contribution >= 4 is 0 Å². The zero-order valence-corrected chi connectivity index (χ0v) is 8.52. The van der Waals surface area contributed by atoms with Crippen LogP contribution in [0.1, 0.15) is 11.4 Å². The van der Waals surface area contributed by atoms with Crippen LogP contribution in [-0.4, -0.2) is 19.6 Å². The Morgan fingerprint density at radius 3 is 2.53 bits per heavy atom. The van der Waals surface area contributed by atoms with Gasteiger partial charge in [0.05, 0.1) is 5.56 Å². The second kappa shape index (κ2) is 4.17. The lowest BCUT2D eigenvalue weighted by Gasteiger charge is -2.08. The minimum atomic E-state index is -4.40. The molecule has 17 heavy (non-hydrogen) atoms. The van der Waals surface area contributed by atoms with Gasteiger partial charge in [-0.15, -0.1) is 0 Å². The van der Waals surface area contributed by atoms with Gasteiger partial charge in [-0.2, -0.15) is 13.2 Å². The summed E-state index contributed by atoms with van der Waals surface area (Å²) in [5.41, 5.74) is -0.813. The minimum Gasteiger partial charge on any atom is -0.388 e. The summed E-state index contributed by atoms with van der Waals surface area (Å²) < 4.78 is 38.3. The number of imidazole rings is 1. The molecular weight excluding hydrogens is 235 g/mol. The van der Waals surface area contributed by atoms with E-state index < -0.39 is 11.7 Å². The summed E-state index contributed by atoms with van der Waals surface area (Å²) in [6, 6.07) is 2.16. The molecule has 0 bridgehead atoms.